The van der Waals surface area contributed by atoms with E-state index in [1.165, 1.54) is 32.1 Å². The lowest BCUT2D eigenvalue weighted by atomic mass is 9.88. The van der Waals surface area contributed by atoms with Gasteiger partial charge < -0.3 is 5.73 Å². The van der Waals surface area contributed by atoms with Crippen LogP contribution in [0.25, 0.3) is 0 Å². The molecule has 0 aliphatic heterocycles. The van der Waals surface area contributed by atoms with Crippen molar-refractivity contribution in [1.82, 2.24) is 9.97 Å². The third-order valence-electron chi connectivity index (χ3n) is 3.29. The minimum atomic E-state index is 0.538. The second-order valence-corrected chi connectivity index (χ2v) is 4.38. The van der Waals surface area contributed by atoms with Crippen molar-refractivity contribution in [3.8, 4) is 0 Å². The number of nitrogens with zero attached hydrogens (tertiary/aromatic N) is 2. The number of aromatic nitrogens is 2. The number of rotatable bonds is 2. The summed E-state index contributed by atoms with van der Waals surface area (Å²) >= 11 is 0. The standard InChI is InChI=1S/C12H19N3/c1-9-11(7-13)8-14-12(15-9)10-5-3-2-4-6-10/h8,10H,2-7,13H2,1H3. The van der Waals surface area contributed by atoms with Crippen LogP contribution < -0.4 is 5.73 Å². The van der Waals surface area contributed by atoms with Gasteiger partial charge in [-0.3, -0.25) is 0 Å². The number of hydrogen-bond acceptors (Lipinski definition) is 3. The van der Waals surface area contributed by atoms with E-state index < -0.39 is 0 Å². The van der Waals surface area contributed by atoms with E-state index in [9.17, 15) is 0 Å². The molecule has 1 aliphatic carbocycles. The fourth-order valence-electron chi connectivity index (χ4n) is 2.27. The molecule has 82 valence electrons. The SMILES string of the molecule is Cc1nc(C2CCCCC2)ncc1CN. The van der Waals surface area contributed by atoms with Gasteiger partial charge in [0, 0.05) is 29.9 Å². The van der Waals surface area contributed by atoms with Crippen molar-refractivity contribution < 1.29 is 0 Å². The summed E-state index contributed by atoms with van der Waals surface area (Å²) in [6, 6.07) is 0. The van der Waals surface area contributed by atoms with Crippen LogP contribution in [-0.4, -0.2) is 9.97 Å². The normalized spacial score (nSPS) is 18.0. The van der Waals surface area contributed by atoms with Crippen molar-refractivity contribution in [2.75, 3.05) is 0 Å². The Morgan fingerprint density at radius 2 is 2.07 bits per heavy atom. The second kappa shape index (κ2) is 4.71. The first-order valence-corrected chi connectivity index (χ1v) is 5.83. The summed E-state index contributed by atoms with van der Waals surface area (Å²) in [4.78, 5) is 9.02. The molecular weight excluding hydrogens is 186 g/mol. The van der Waals surface area contributed by atoms with Gasteiger partial charge in [-0.15, -0.1) is 0 Å². The third kappa shape index (κ3) is 2.34. The molecule has 2 N–H and O–H groups in total. The maximum atomic E-state index is 5.60. The first-order valence-electron chi connectivity index (χ1n) is 5.83. The third-order valence-corrected chi connectivity index (χ3v) is 3.29. The Balaban J connectivity index is 2.17. The maximum absolute atomic E-state index is 5.60. The van der Waals surface area contributed by atoms with E-state index in [2.05, 4.69) is 9.97 Å². The summed E-state index contributed by atoms with van der Waals surface area (Å²) in [5, 5.41) is 0. The van der Waals surface area contributed by atoms with Crippen LogP contribution in [-0.2, 0) is 6.54 Å². The van der Waals surface area contributed by atoms with Crippen molar-refractivity contribution in [2.45, 2.75) is 51.5 Å². The predicted octanol–water partition coefficient (Wildman–Crippen LogP) is 2.29. The number of nitrogens with two attached hydrogens (primary N) is 1. The molecule has 0 aromatic carbocycles. The van der Waals surface area contributed by atoms with Gasteiger partial charge in [-0.05, 0) is 19.8 Å². The highest BCUT2D eigenvalue weighted by Gasteiger charge is 2.18. The molecule has 1 fully saturated rings. The molecule has 0 bridgehead atoms. The smallest absolute Gasteiger partial charge is 0.131 e. The number of hydrogen-bond donors (Lipinski definition) is 1. The largest absolute Gasteiger partial charge is 0.326 e. The monoisotopic (exact) mass is 205 g/mol. The van der Waals surface area contributed by atoms with Crippen LogP contribution in [0.1, 0.15) is 55.1 Å². The molecule has 0 atom stereocenters. The Morgan fingerprint density at radius 3 is 2.67 bits per heavy atom. The minimum Gasteiger partial charge on any atom is -0.326 e. The van der Waals surface area contributed by atoms with Crippen LogP contribution in [0.4, 0.5) is 0 Å². The maximum Gasteiger partial charge on any atom is 0.131 e. The van der Waals surface area contributed by atoms with Gasteiger partial charge in [-0.25, -0.2) is 9.97 Å². The lowest BCUT2D eigenvalue weighted by molar-refractivity contribution is 0.427. The van der Waals surface area contributed by atoms with Gasteiger partial charge in [0.1, 0.15) is 5.82 Å². The molecule has 3 nitrogen and oxygen atoms in total. The molecule has 2 rings (SSSR count). The Morgan fingerprint density at radius 1 is 1.33 bits per heavy atom. The molecule has 0 radical (unpaired) electrons. The molecule has 1 aliphatic rings. The van der Waals surface area contributed by atoms with Crippen molar-refractivity contribution in [2.24, 2.45) is 5.73 Å². The quantitative estimate of drug-likeness (QED) is 0.806. The summed E-state index contributed by atoms with van der Waals surface area (Å²) in [5.74, 6) is 1.62. The molecule has 1 aromatic heterocycles. The summed E-state index contributed by atoms with van der Waals surface area (Å²) in [6.45, 7) is 2.56. The van der Waals surface area contributed by atoms with Gasteiger partial charge in [0.05, 0.1) is 0 Å². The summed E-state index contributed by atoms with van der Waals surface area (Å²) in [6.07, 6.45) is 8.42. The summed E-state index contributed by atoms with van der Waals surface area (Å²) < 4.78 is 0. The Labute approximate surface area is 91.1 Å². The topological polar surface area (TPSA) is 51.8 Å². The summed E-state index contributed by atoms with van der Waals surface area (Å²) in [5.41, 5.74) is 7.71. The fraction of sp³-hybridized carbons (Fsp3) is 0.667. The van der Waals surface area contributed by atoms with E-state index in [4.69, 9.17) is 5.73 Å². The van der Waals surface area contributed by atoms with Crippen molar-refractivity contribution in [1.29, 1.82) is 0 Å². The Bertz CT molecular complexity index is 330. The summed E-state index contributed by atoms with van der Waals surface area (Å²) in [7, 11) is 0. The molecule has 15 heavy (non-hydrogen) atoms. The molecule has 0 spiro atoms. The zero-order chi connectivity index (χ0) is 10.7. The van der Waals surface area contributed by atoms with E-state index in [-0.39, 0.29) is 0 Å². The lowest BCUT2D eigenvalue weighted by Crippen LogP contribution is -2.11. The second-order valence-electron chi connectivity index (χ2n) is 4.38. The van der Waals surface area contributed by atoms with E-state index in [0.29, 0.717) is 12.5 Å². The van der Waals surface area contributed by atoms with Crippen LogP contribution in [0.5, 0.6) is 0 Å². The average molecular weight is 205 g/mol. The van der Waals surface area contributed by atoms with Gasteiger partial charge in [0.15, 0.2) is 0 Å². The van der Waals surface area contributed by atoms with Crippen molar-refractivity contribution >= 4 is 0 Å². The highest BCUT2D eigenvalue weighted by molar-refractivity contribution is 5.17. The molecule has 0 saturated heterocycles. The minimum absolute atomic E-state index is 0.538. The van der Waals surface area contributed by atoms with Crippen LogP contribution in [0, 0.1) is 6.92 Å². The number of aryl methyl sites for hydroxylation is 1. The van der Waals surface area contributed by atoms with Crippen molar-refractivity contribution in [3.05, 3.63) is 23.3 Å². The van der Waals surface area contributed by atoms with Gasteiger partial charge in [0.2, 0.25) is 0 Å². The Kier molecular flexibility index (Phi) is 3.31. The highest BCUT2D eigenvalue weighted by atomic mass is 14.9. The first kappa shape index (κ1) is 10.6. The van der Waals surface area contributed by atoms with Crippen LogP contribution in [0.3, 0.4) is 0 Å². The average Bonchev–Trinajstić information content (AvgIpc) is 2.30. The molecule has 1 aromatic rings. The molecule has 1 heterocycles. The van der Waals surface area contributed by atoms with Crippen molar-refractivity contribution in [3.63, 3.8) is 0 Å². The zero-order valence-electron chi connectivity index (χ0n) is 9.37. The van der Waals surface area contributed by atoms with Gasteiger partial charge in [-0.2, -0.15) is 0 Å². The van der Waals surface area contributed by atoms with Gasteiger partial charge >= 0.3 is 0 Å². The predicted molar refractivity (Wildman–Crippen MR) is 60.5 cm³/mol. The lowest BCUT2D eigenvalue weighted by Gasteiger charge is -2.20. The van der Waals surface area contributed by atoms with E-state index in [1.54, 1.807) is 0 Å². The van der Waals surface area contributed by atoms with E-state index >= 15 is 0 Å². The zero-order valence-corrected chi connectivity index (χ0v) is 9.37. The molecule has 1 saturated carbocycles. The first-order chi connectivity index (χ1) is 7.31. The molecule has 0 amide bonds. The molecular formula is C12H19N3. The van der Waals surface area contributed by atoms with Gasteiger partial charge in [0.25, 0.3) is 0 Å². The molecule has 3 heteroatoms. The van der Waals surface area contributed by atoms with Crippen LogP contribution in [0.2, 0.25) is 0 Å². The van der Waals surface area contributed by atoms with E-state index in [1.807, 2.05) is 13.1 Å². The van der Waals surface area contributed by atoms with E-state index in [0.717, 1.165) is 17.1 Å². The molecule has 0 unspecified atom stereocenters. The van der Waals surface area contributed by atoms with Crippen LogP contribution >= 0.6 is 0 Å². The highest BCUT2D eigenvalue weighted by Crippen LogP contribution is 2.30. The van der Waals surface area contributed by atoms with Crippen LogP contribution in [0.15, 0.2) is 6.20 Å². The van der Waals surface area contributed by atoms with Gasteiger partial charge in [-0.1, -0.05) is 19.3 Å². The Hall–Kier alpha value is -0.960. The fourth-order valence-corrected chi connectivity index (χ4v) is 2.27.